The first-order chi connectivity index (χ1) is 9.63. The van der Waals surface area contributed by atoms with Crippen LogP contribution in [0.15, 0.2) is 42.5 Å². The van der Waals surface area contributed by atoms with E-state index < -0.39 is 5.97 Å². The number of phenolic OH excluding ortho intramolecular Hbond substituents is 1. The summed E-state index contributed by atoms with van der Waals surface area (Å²) in [4.78, 5) is 11.8. The Morgan fingerprint density at radius 2 is 1.85 bits per heavy atom. The fourth-order valence-electron chi connectivity index (χ4n) is 2.64. The van der Waals surface area contributed by atoms with Gasteiger partial charge < -0.3 is 9.84 Å². The molecule has 3 aromatic carbocycles. The summed E-state index contributed by atoms with van der Waals surface area (Å²) in [5.41, 5.74) is 1.21. The van der Waals surface area contributed by atoms with Crippen LogP contribution in [0, 0.1) is 6.92 Å². The quantitative estimate of drug-likeness (QED) is 0.538. The van der Waals surface area contributed by atoms with E-state index in [4.69, 9.17) is 4.74 Å². The van der Waals surface area contributed by atoms with E-state index in [-0.39, 0.29) is 5.75 Å². The van der Waals surface area contributed by atoms with Crippen LogP contribution in [0.1, 0.15) is 15.9 Å². The summed E-state index contributed by atoms with van der Waals surface area (Å²) in [5, 5.41) is 14.0. The first-order valence-corrected chi connectivity index (χ1v) is 6.36. The van der Waals surface area contributed by atoms with E-state index in [0.717, 1.165) is 27.1 Å². The zero-order chi connectivity index (χ0) is 14.3. The summed E-state index contributed by atoms with van der Waals surface area (Å²) in [5.74, 6) is -0.337. The molecule has 0 saturated carbocycles. The second kappa shape index (κ2) is 4.53. The highest BCUT2D eigenvalue weighted by molar-refractivity contribution is 6.13. The first kappa shape index (κ1) is 12.5. The van der Waals surface area contributed by atoms with Crippen molar-refractivity contribution in [1.29, 1.82) is 0 Å². The molecule has 0 aliphatic heterocycles. The minimum absolute atomic E-state index is 0.0998. The lowest BCUT2D eigenvalue weighted by Gasteiger charge is -2.12. The fourth-order valence-corrected chi connectivity index (χ4v) is 2.64. The summed E-state index contributed by atoms with van der Waals surface area (Å²) in [6.45, 7) is 1.86. The number of esters is 1. The van der Waals surface area contributed by atoms with Crippen LogP contribution in [-0.4, -0.2) is 18.2 Å². The van der Waals surface area contributed by atoms with E-state index in [0.29, 0.717) is 5.56 Å². The number of aromatic hydroxyl groups is 1. The number of hydrogen-bond donors (Lipinski definition) is 1. The smallest absolute Gasteiger partial charge is 0.338 e. The fraction of sp³-hybridized carbons (Fsp3) is 0.118. The number of ether oxygens (including phenoxy) is 1. The zero-order valence-electron chi connectivity index (χ0n) is 11.3. The maximum Gasteiger partial charge on any atom is 0.338 e. The Bertz CT molecular complexity index is 834. The molecule has 1 N–H and O–H groups in total. The second-order valence-corrected chi connectivity index (χ2v) is 4.77. The summed E-state index contributed by atoms with van der Waals surface area (Å²) >= 11 is 0. The van der Waals surface area contributed by atoms with Gasteiger partial charge >= 0.3 is 5.97 Å². The number of fused-ring (bicyclic) bond motifs is 3. The van der Waals surface area contributed by atoms with Gasteiger partial charge in [-0.1, -0.05) is 36.4 Å². The molecule has 0 aliphatic carbocycles. The van der Waals surface area contributed by atoms with E-state index in [1.54, 1.807) is 0 Å². The molecule has 3 rings (SSSR count). The van der Waals surface area contributed by atoms with Gasteiger partial charge in [0.05, 0.1) is 12.7 Å². The Morgan fingerprint density at radius 1 is 1.10 bits per heavy atom. The summed E-state index contributed by atoms with van der Waals surface area (Å²) in [6, 6.07) is 13.3. The molecule has 0 heterocycles. The zero-order valence-corrected chi connectivity index (χ0v) is 11.3. The third-order valence-electron chi connectivity index (χ3n) is 3.68. The van der Waals surface area contributed by atoms with Crippen molar-refractivity contribution in [3.05, 3.63) is 53.6 Å². The topological polar surface area (TPSA) is 46.5 Å². The minimum atomic E-state index is -0.437. The van der Waals surface area contributed by atoms with Crippen LogP contribution in [0.4, 0.5) is 0 Å². The molecule has 3 nitrogen and oxygen atoms in total. The van der Waals surface area contributed by atoms with Crippen molar-refractivity contribution < 1.29 is 14.6 Å². The standard InChI is InChI=1S/C17H14O3/c1-10-12-8-7-11-5-3-4-6-13(11)16(12)15(18)9-14(10)17(19)20-2/h3-9,18H,1-2H3. The monoisotopic (exact) mass is 266 g/mol. The average molecular weight is 266 g/mol. The maximum atomic E-state index is 11.8. The predicted molar refractivity (Wildman–Crippen MR) is 79.2 cm³/mol. The van der Waals surface area contributed by atoms with Crippen LogP contribution in [0.5, 0.6) is 5.75 Å². The number of hydrogen-bond acceptors (Lipinski definition) is 3. The molecule has 3 aromatic rings. The number of carbonyl (C=O) groups excluding carboxylic acids is 1. The van der Waals surface area contributed by atoms with Crippen molar-refractivity contribution in [2.45, 2.75) is 6.92 Å². The van der Waals surface area contributed by atoms with Crippen molar-refractivity contribution in [3.8, 4) is 5.75 Å². The molecule has 3 heteroatoms. The van der Waals surface area contributed by atoms with E-state index in [1.165, 1.54) is 13.2 Å². The molecular weight excluding hydrogens is 252 g/mol. The van der Waals surface area contributed by atoms with Gasteiger partial charge in [-0.3, -0.25) is 0 Å². The van der Waals surface area contributed by atoms with Crippen LogP contribution < -0.4 is 0 Å². The van der Waals surface area contributed by atoms with Crippen LogP contribution >= 0.6 is 0 Å². The van der Waals surface area contributed by atoms with E-state index >= 15 is 0 Å². The van der Waals surface area contributed by atoms with Crippen molar-refractivity contribution >= 4 is 27.5 Å². The molecule has 20 heavy (non-hydrogen) atoms. The lowest BCUT2D eigenvalue weighted by atomic mass is 9.95. The molecule has 0 saturated heterocycles. The molecule has 0 amide bonds. The van der Waals surface area contributed by atoms with Gasteiger partial charge in [0.15, 0.2) is 0 Å². The summed E-state index contributed by atoms with van der Waals surface area (Å²) in [6.07, 6.45) is 0. The van der Waals surface area contributed by atoms with Gasteiger partial charge in [0, 0.05) is 5.39 Å². The van der Waals surface area contributed by atoms with Gasteiger partial charge in [0.25, 0.3) is 0 Å². The van der Waals surface area contributed by atoms with Crippen molar-refractivity contribution in [2.75, 3.05) is 7.11 Å². The Hall–Kier alpha value is -2.55. The molecule has 0 aromatic heterocycles. The SMILES string of the molecule is COC(=O)c1cc(O)c2c(ccc3ccccc32)c1C. The van der Waals surface area contributed by atoms with Gasteiger partial charge in [0.1, 0.15) is 5.75 Å². The summed E-state index contributed by atoms with van der Waals surface area (Å²) in [7, 11) is 1.34. The number of phenols is 1. The van der Waals surface area contributed by atoms with Gasteiger partial charge in [-0.25, -0.2) is 4.79 Å². The van der Waals surface area contributed by atoms with Crippen molar-refractivity contribution in [3.63, 3.8) is 0 Å². The van der Waals surface area contributed by atoms with Crippen LogP contribution in [0.25, 0.3) is 21.5 Å². The van der Waals surface area contributed by atoms with E-state index in [1.807, 2.05) is 43.3 Å². The van der Waals surface area contributed by atoms with E-state index in [2.05, 4.69) is 0 Å². The molecule has 0 fully saturated rings. The number of rotatable bonds is 1. The molecule has 0 spiro atoms. The molecule has 0 aliphatic rings. The molecular formula is C17H14O3. The number of aryl methyl sites for hydroxylation is 1. The number of methoxy groups -OCH3 is 1. The Morgan fingerprint density at radius 3 is 2.60 bits per heavy atom. The highest BCUT2D eigenvalue weighted by atomic mass is 16.5. The highest BCUT2D eigenvalue weighted by Gasteiger charge is 2.16. The van der Waals surface area contributed by atoms with Crippen LogP contribution in [0.2, 0.25) is 0 Å². The second-order valence-electron chi connectivity index (χ2n) is 4.77. The van der Waals surface area contributed by atoms with Crippen LogP contribution in [-0.2, 0) is 4.74 Å². The third-order valence-corrected chi connectivity index (χ3v) is 3.68. The van der Waals surface area contributed by atoms with Crippen molar-refractivity contribution in [1.82, 2.24) is 0 Å². The number of benzene rings is 3. The molecule has 0 atom stereocenters. The molecule has 100 valence electrons. The molecule has 0 bridgehead atoms. The van der Waals surface area contributed by atoms with Gasteiger partial charge in [0.2, 0.25) is 0 Å². The lowest BCUT2D eigenvalue weighted by molar-refractivity contribution is 0.0599. The minimum Gasteiger partial charge on any atom is -0.507 e. The normalized spacial score (nSPS) is 10.9. The summed E-state index contributed by atoms with van der Waals surface area (Å²) < 4.78 is 4.76. The lowest BCUT2D eigenvalue weighted by Crippen LogP contribution is -2.04. The van der Waals surface area contributed by atoms with Crippen LogP contribution in [0.3, 0.4) is 0 Å². The Labute approximate surface area is 116 Å². The first-order valence-electron chi connectivity index (χ1n) is 6.36. The van der Waals surface area contributed by atoms with E-state index in [9.17, 15) is 9.90 Å². The van der Waals surface area contributed by atoms with Gasteiger partial charge in [-0.2, -0.15) is 0 Å². The molecule has 0 unspecified atom stereocenters. The van der Waals surface area contributed by atoms with Gasteiger partial charge in [-0.05, 0) is 34.7 Å². The predicted octanol–water partition coefficient (Wildman–Crippen LogP) is 3.79. The highest BCUT2D eigenvalue weighted by Crippen LogP contribution is 2.36. The average Bonchev–Trinajstić information content (AvgIpc) is 2.49. The van der Waals surface area contributed by atoms with Gasteiger partial charge in [-0.15, -0.1) is 0 Å². The molecule has 0 radical (unpaired) electrons. The largest absolute Gasteiger partial charge is 0.507 e. The third kappa shape index (κ3) is 1.71. The Kier molecular flexibility index (Phi) is 2.83. The number of carbonyl (C=O) groups is 1. The maximum absolute atomic E-state index is 11.8. The Balaban J connectivity index is 2.47. The van der Waals surface area contributed by atoms with Crippen molar-refractivity contribution in [2.24, 2.45) is 0 Å².